The number of nitrogens with zero attached hydrogens (tertiary/aromatic N) is 1. The largest absolute Gasteiger partial charge is 0.361 e. The van der Waals surface area contributed by atoms with E-state index in [0.29, 0.717) is 17.0 Å². The fourth-order valence-corrected chi connectivity index (χ4v) is 2.38. The van der Waals surface area contributed by atoms with Gasteiger partial charge in [0.05, 0.1) is 11.7 Å². The van der Waals surface area contributed by atoms with E-state index in [1.165, 1.54) is 11.1 Å². The van der Waals surface area contributed by atoms with Crippen molar-refractivity contribution in [3.63, 3.8) is 0 Å². The van der Waals surface area contributed by atoms with E-state index >= 15 is 0 Å². The fraction of sp³-hybridized carbons (Fsp3) is 0.375. The molecule has 4 nitrogen and oxygen atoms in total. The topological polar surface area (TPSA) is 55.1 Å². The lowest BCUT2D eigenvalue weighted by molar-refractivity contribution is 0.0937. The van der Waals surface area contributed by atoms with Crippen molar-refractivity contribution in [3.8, 4) is 0 Å². The van der Waals surface area contributed by atoms with Gasteiger partial charge in [-0.2, -0.15) is 0 Å². The van der Waals surface area contributed by atoms with Crippen LogP contribution in [0.25, 0.3) is 0 Å². The first-order chi connectivity index (χ1) is 9.40. The molecule has 1 N–H and O–H groups in total. The van der Waals surface area contributed by atoms with Gasteiger partial charge in [-0.15, -0.1) is 0 Å². The van der Waals surface area contributed by atoms with Gasteiger partial charge in [-0.25, -0.2) is 0 Å². The number of rotatable bonds is 3. The second-order valence-corrected chi connectivity index (χ2v) is 5.25. The highest BCUT2D eigenvalue weighted by Crippen LogP contribution is 2.20. The first kappa shape index (κ1) is 14.3. The van der Waals surface area contributed by atoms with Crippen molar-refractivity contribution in [2.75, 3.05) is 0 Å². The van der Waals surface area contributed by atoms with Crippen LogP contribution in [0.2, 0.25) is 0 Å². The number of benzene rings is 1. The van der Waals surface area contributed by atoms with E-state index in [1.54, 1.807) is 13.8 Å². The molecule has 0 aliphatic carbocycles. The Balaban J connectivity index is 2.22. The zero-order chi connectivity index (χ0) is 14.9. The lowest BCUT2D eigenvalue weighted by Gasteiger charge is -2.17. The minimum absolute atomic E-state index is 0.0592. The van der Waals surface area contributed by atoms with Gasteiger partial charge >= 0.3 is 0 Å². The van der Waals surface area contributed by atoms with E-state index in [2.05, 4.69) is 28.7 Å². The normalized spacial score (nSPS) is 12.2. The van der Waals surface area contributed by atoms with Crippen molar-refractivity contribution in [1.82, 2.24) is 10.5 Å². The Morgan fingerprint density at radius 3 is 2.55 bits per heavy atom. The second kappa shape index (κ2) is 5.49. The lowest BCUT2D eigenvalue weighted by Crippen LogP contribution is -2.28. The van der Waals surface area contributed by atoms with E-state index in [4.69, 9.17) is 4.52 Å². The molecule has 1 aromatic heterocycles. The molecule has 0 saturated carbocycles. The highest BCUT2D eigenvalue weighted by Gasteiger charge is 2.20. The van der Waals surface area contributed by atoms with Crippen LogP contribution in [0.5, 0.6) is 0 Å². The predicted octanol–water partition coefficient (Wildman–Crippen LogP) is 3.40. The highest BCUT2D eigenvalue weighted by atomic mass is 16.5. The average molecular weight is 272 g/mol. The van der Waals surface area contributed by atoms with Crippen molar-refractivity contribution in [1.29, 1.82) is 0 Å². The first-order valence-corrected chi connectivity index (χ1v) is 6.71. The smallest absolute Gasteiger partial charge is 0.257 e. The number of aryl methyl sites for hydroxylation is 4. The fourth-order valence-electron chi connectivity index (χ4n) is 2.38. The van der Waals surface area contributed by atoms with Crippen molar-refractivity contribution in [2.45, 2.75) is 40.7 Å². The Morgan fingerprint density at radius 2 is 1.95 bits per heavy atom. The summed E-state index contributed by atoms with van der Waals surface area (Å²) in [4.78, 5) is 12.3. The quantitative estimate of drug-likeness (QED) is 0.931. The molecule has 0 saturated heterocycles. The molecule has 0 fully saturated rings. The van der Waals surface area contributed by atoms with Crippen molar-refractivity contribution >= 4 is 5.91 Å². The Hall–Kier alpha value is -2.10. The number of carbonyl (C=O) groups is 1. The SMILES string of the molecule is Cc1ccc(C)c([C@@H](C)NC(=O)c2c(C)noc2C)c1. The van der Waals surface area contributed by atoms with Crippen LogP contribution in [-0.2, 0) is 0 Å². The van der Waals surface area contributed by atoms with Crippen molar-refractivity contribution < 1.29 is 9.32 Å². The Morgan fingerprint density at radius 1 is 1.25 bits per heavy atom. The van der Waals surface area contributed by atoms with Crippen LogP contribution in [0.1, 0.15) is 51.5 Å². The molecule has 1 heterocycles. The van der Waals surface area contributed by atoms with E-state index in [1.807, 2.05) is 20.8 Å². The molecule has 0 aliphatic heterocycles. The molecule has 4 heteroatoms. The monoisotopic (exact) mass is 272 g/mol. The summed E-state index contributed by atoms with van der Waals surface area (Å²) in [6.07, 6.45) is 0. The minimum atomic E-state index is -0.144. The predicted molar refractivity (Wildman–Crippen MR) is 77.8 cm³/mol. The van der Waals surface area contributed by atoms with E-state index in [9.17, 15) is 4.79 Å². The lowest BCUT2D eigenvalue weighted by atomic mass is 9.99. The van der Waals surface area contributed by atoms with Crippen LogP contribution < -0.4 is 5.32 Å². The average Bonchev–Trinajstić information content (AvgIpc) is 2.71. The van der Waals surface area contributed by atoms with Crippen LogP contribution >= 0.6 is 0 Å². The van der Waals surface area contributed by atoms with Crippen molar-refractivity contribution in [2.24, 2.45) is 0 Å². The molecule has 0 unspecified atom stereocenters. The summed E-state index contributed by atoms with van der Waals surface area (Å²) in [5.74, 6) is 0.405. The number of amides is 1. The molecule has 106 valence electrons. The van der Waals surface area contributed by atoms with Gasteiger partial charge in [-0.05, 0) is 45.7 Å². The van der Waals surface area contributed by atoms with Gasteiger partial charge in [0.15, 0.2) is 0 Å². The summed E-state index contributed by atoms with van der Waals surface area (Å²) in [6.45, 7) is 9.60. The second-order valence-electron chi connectivity index (χ2n) is 5.25. The van der Waals surface area contributed by atoms with Crippen LogP contribution in [0.15, 0.2) is 22.7 Å². The summed E-state index contributed by atoms with van der Waals surface area (Å²) >= 11 is 0. The molecule has 2 aromatic rings. The molecule has 0 spiro atoms. The molecular formula is C16H20N2O2. The van der Waals surface area contributed by atoms with Crippen LogP contribution in [-0.4, -0.2) is 11.1 Å². The minimum Gasteiger partial charge on any atom is -0.361 e. The molecule has 1 aromatic carbocycles. The van der Waals surface area contributed by atoms with Gasteiger partial charge in [0.25, 0.3) is 5.91 Å². The molecule has 0 radical (unpaired) electrons. The zero-order valence-corrected chi connectivity index (χ0v) is 12.6. The summed E-state index contributed by atoms with van der Waals surface area (Å²) in [5, 5.41) is 6.82. The maximum absolute atomic E-state index is 12.3. The standard InChI is InChI=1S/C16H20N2O2/c1-9-6-7-10(2)14(8-9)11(3)17-16(19)15-12(4)18-20-13(15)5/h6-8,11H,1-5H3,(H,17,19)/t11-/m1/s1. The first-order valence-electron chi connectivity index (χ1n) is 6.71. The molecule has 20 heavy (non-hydrogen) atoms. The van der Waals surface area contributed by atoms with Crippen LogP contribution in [0.3, 0.4) is 0 Å². The summed E-state index contributed by atoms with van der Waals surface area (Å²) < 4.78 is 5.04. The van der Waals surface area contributed by atoms with E-state index < -0.39 is 0 Å². The number of hydrogen-bond acceptors (Lipinski definition) is 3. The van der Waals surface area contributed by atoms with Gasteiger partial charge in [0.2, 0.25) is 0 Å². The summed E-state index contributed by atoms with van der Waals surface area (Å²) in [5.41, 5.74) is 4.63. The van der Waals surface area contributed by atoms with Gasteiger partial charge < -0.3 is 9.84 Å². The Labute approximate surface area is 119 Å². The van der Waals surface area contributed by atoms with Gasteiger partial charge in [-0.1, -0.05) is 28.9 Å². The Kier molecular flexibility index (Phi) is 3.93. The number of aromatic nitrogens is 1. The van der Waals surface area contributed by atoms with Crippen LogP contribution in [0, 0.1) is 27.7 Å². The zero-order valence-electron chi connectivity index (χ0n) is 12.6. The Bertz CT molecular complexity index is 624. The third kappa shape index (κ3) is 2.74. The highest BCUT2D eigenvalue weighted by molar-refractivity contribution is 5.96. The summed E-state index contributed by atoms with van der Waals surface area (Å²) in [6, 6.07) is 6.19. The maximum Gasteiger partial charge on any atom is 0.257 e. The number of carbonyl (C=O) groups excluding carboxylic acids is 1. The molecule has 0 bridgehead atoms. The molecule has 2 rings (SSSR count). The molecule has 1 amide bonds. The van der Waals surface area contributed by atoms with Crippen molar-refractivity contribution in [3.05, 3.63) is 51.9 Å². The van der Waals surface area contributed by atoms with E-state index in [0.717, 1.165) is 5.56 Å². The number of nitrogens with one attached hydrogen (secondary N) is 1. The van der Waals surface area contributed by atoms with Gasteiger partial charge in [0.1, 0.15) is 11.3 Å². The molecule has 1 atom stereocenters. The van der Waals surface area contributed by atoms with Gasteiger partial charge in [0, 0.05) is 0 Å². The number of hydrogen-bond donors (Lipinski definition) is 1. The third-order valence-corrected chi connectivity index (χ3v) is 3.51. The molecular weight excluding hydrogens is 252 g/mol. The molecule has 0 aliphatic rings. The van der Waals surface area contributed by atoms with E-state index in [-0.39, 0.29) is 11.9 Å². The third-order valence-electron chi connectivity index (χ3n) is 3.51. The maximum atomic E-state index is 12.3. The summed E-state index contributed by atoms with van der Waals surface area (Å²) in [7, 11) is 0. The van der Waals surface area contributed by atoms with Crippen LogP contribution in [0.4, 0.5) is 0 Å². The van der Waals surface area contributed by atoms with Gasteiger partial charge in [-0.3, -0.25) is 4.79 Å².